The Hall–Kier alpha value is -4.03. The highest BCUT2D eigenvalue weighted by molar-refractivity contribution is 7.93. The summed E-state index contributed by atoms with van der Waals surface area (Å²) in [4.78, 5) is 9.16. The highest BCUT2D eigenvalue weighted by atomic mass is 32.2. The number of aromatic nitrogens is 4. The summed E-state index contributed by atoms with van der Waals surface area (Å²) < 4.78 is 48.2. The molecule has 0 spiro atoms. The van der Waals surface area contributed by atoms with Crippen LogP contribution in [0.4, 0.5) is 11.6 Å². The fourth-order valence-electron chi connectivity index (χ4n) is 3.61. The molecule has 2 aromatic heterocycles. The summed E-state index contributed by atoms with van der Waals surface area (Å²) in [5, 5.41) is 3.20. The van der Waals surface area contributed by atoms with E-state index in [-0.39, 0.29) is 17.5 Å². The summed E-state index contributed by atoms with van der Waals surface area (Å²) in [6, 6.07) is 17.7. The minimum atomic E-state index is -4.02. The standard InChI is InChI=1S/C22H16N6O4S2/c29-34(30,19-7-3-6-16-20(19)27-33-26-16)28-22-21(24-14-4-1-2-5-15(14)25-22)23-11-13-8-9-17-18(10-13)32-12-31-17/h1-10H,11-12H2,(H,23,24)(H,25,28). The van der Waals surface area contributed by atoms with Gasteiger partial charge in [-0.05, 0) is 42.0 Å². The van der Waals surface area contributed by atoms with Crippen molar-refractivity contribution in [1.29, 1.82) is 0 Å². The van der Waals surface area contributed by atoms with Crippen LogP contribution in [0.1, 0.15) is 5.56 Å². The van der Waals surface area contributed by atoms with Crippen LogP contribution >= 0.6 is 11.7 Å². The van der Waals surface area contributed by atoms with Crippen molar-refractivity contribution in [2.45, 2.75) is 11.4 Å². The van der Waals surface area contributed by atoms with E-state index >= 15 is 0 Å². The normalized spacial score (nSPS) is 12.8. The zero-order valence-electron chi connectivity index (χ0n) is 17.4. The van der Waals surface area contributed by atoms with Crippen LogP contribution in [0.15, 0.2) is 65.6 Å². The van der Waals surface area contributed by atoms with Gasteiger partial charge in [-0.2, -0.15) is 8.75 Å². The van der Waals surface area contributed by atoms with Crippen LogP contribution in [0.3, 0.4) is 0 Å². The monoisotopic (exact) mass is 492 g/mol. The van der Waals surface area contributed by atoms with Crippen molar-refractivity contribution in [2.75, 3.05) is 16.8 Å². The molecule has 1 aliphatic rings. The van der Waals surface area contributed by atoms with E-state index in [0.717, 1.165) is 17.3 Å². The van der Waals surface area contributed by atoms with E-state index in [0.29, 0.717) is 45.9 Å². The first kappa shape index (κ1) is 20.6. The number of nitrogens with zero attached hydrogens (tertiary/aromatic N) is 4. The van der Waals surface area contributed by atoms with Crippen LogP contribution in [-0.2, 0) is 16.6 Å². The van der Waals surface area contributed by atoms with Crippen molar-refractivity contribution in [1.82, 2.24) is 18.7 Å². The maximum Gasteiger partial charge on any atom is 0.265 e. The Kier molecular flexibility index (Phi) is 4.89. The van der Waals surface area contributed by atoms with Gasteiger partial charge in [-0.3, -0.25) is 4.72 Å². The van der Waals surface area contributed by atoms with Gasteiger partial charge >= 0.3 is 0 Å². The number of rotatable bonds is 6. The van der Waals surface area contributed by atoms with Crippen molar-refractivity contribution >= 4 is 55.5 Å². The molecule has 0 unspecified atom stereocenters. The third kappa shape index (κ3) is 3.72. The number of sulfonamides is 1. The lowest BCUT2D eigenvalue weighted by atomic mass is 10.2. The van der Waals surface area contributed by atoms with E-state index in [9.17, 15) is 8.42 Å². The molecule has 0 atom stereocenters. The van der Waals surface area contributed by atoms with Crippen molar-refractivity contribution in [3.05, 3.63) is 66.2 Å². The van der Waals surface area contributed by atoms with Gasteiger partial charge in [0.25, 0.3) is 10.0 Å². The fraction of sp³-hybridized carbons (Fsp3) is 0.0909. The first-order valence-electron chi connectivity index (χ1n) is 10.2. The van der Waals surface area contributed by atoms with Gasteiger partial charge in [-0.15, -0.1) is 0 Å². The van der Waals surface area contributed by atoms with Crippen molar-refractivity contribution in [3.8, 4) is 11.5 Å². The summed E-state index contributed by atoms with van der Waals surface area (Å²) in [5.41, 5.74) is 2.92. The van der Waals surface area contributed by atoms with Gasteiger partial charge < -0.3 is 14.8 Å². The SMILES string of the molecule is O=S(=O)(Nc1nc2ccccc2nc1NCc1ccc2c(c1)OCO2)c1cccc2nsnc12. The molecule has 0 radical (unpaired) electrons. The Morgan fingerprint density at radius 2 is 1.62 bits per heavy atom. The minimum absolute atomic E-state index is 0.0235. The smallest absolute Gasteiger partial charge is 0.265 e. The van der Waals surface area contributed by atoms with Crippen molar-refractivity contribution < 1.29 is 17.9 Å². The Bertz CT molecular complexity index is 1650. The Labute approximate surface area is 198 Å². The largest absolute Gasteiger partial charge is 0.454 e. The maximum atomic E-state index is 13.3. The lowest BCUT2D eigenvalue weighted by Crippen LogP contribution is -2.17. The molecule has 0 saturated heterocycles. The molecule has 1 aliphatic heterocycles. The second-order valence-electron chi connectivity index (χ2n) is 7.44. The van der Waals surface area contributed by atoms with Crippen LogP contribution in [0.25, 0.3) is 22.1 Å². The molecule has 5 aromatic rings. The Balaban J connectivity index is 1.36. The third-order valence-corrected chi connectivity index (χ3v) is 7.15. The van der Waals surface area contributed by atoms with Gasteiger partial charge in [-0.25, -0.2) is 18.4 Å². The average Bonchev–Trinajstić information content (AvgIpc) is 3.51. The summed E-state index contributed by atoms with van der Waals surface area (Å²) in [5.74, 6) is 1.73. The Morgan fingerprint density at radius 3 is 2.47 bits per heavy atom. The molecular weight excluding hydrogens is 476 g/mol. The van der Waals surface area contributed by atoms with E-state index in [2.05, 4.69) is 28.8 Å². The number of anilines is 2. The van der Waals surface area contributed by atoms with E-state index in [1.807, 2.05) is 36.4 Å². The second-order valence-corrected chi connectivity index (χ2v) is 9.62. The van der Waals surface area contributed by atoms with Crippen LogP contribution in [0.5, 0.6) is 11.5 Å². The number of hydrogen-bond acceptors (Lipinski definition) is 10. The van der Waals surface area contributed by atoms with Crippen molar-refractivity contribution in [3.63, 3.8) is 0 Å². The first-order chi connectivity index (χ1) is 16.6. The Morgan fingerprint density at radius 1 is 0.853 bits per heavy atom. The van der Waals surface area contributed by atoms with E-state index < -0.39 is 10.0 Å². The van der Waals surface area contributed by atoms with E-state index in [4.69, 9.17) is 9.47 Å². The molecule has 12 heteroatoms. The summed E-state index contributed by atoms with van der Waals surface area (Å²) in [6.07, 6.45) is 0. The molecule has 3 aromatic carbocycles. The molecule has 0 aliphatic carbocycles. The lowest BCUT2D eigenvalue weighted by Gasteiger charge is -2.14. The number of ether oxygens (including phenoxy) is 2. The molecule has 10 nitrogen and oxygen atoms in total. The molecule has 3 heterocycles. The van der Waals surface area contributed by atoms with Gasteiger partial charge in [0.15, 0.2) is 23.1 Å². The van der Waals surface area contributed by atoms with Crippen LogP contribution < -0.4 is 19.5 Å². The van der Waals surface area contributed by atoms with Gasteiger partial charge in [0.2, 0.25) is 6.79 Å². The van der Waals surface area contributed by atoms with Crippen LogP contribution in [-0.4, -0.2) is 33.9 Å². The molecule has 0 fully saturated rings. The zero-order chi connectivity index (χ0) is 23.1. The summed E-state index contributed by atoms with van der Waals surface area (Å²) in [6.45, 7) is 0.555. The maximum absolute atomic E-state index is 13.3. The molecule has 170 valence electrons. The average molecular weight is 493 g/mol. The molecule has 2 N–H and O–H groups in total. The number of para-hydroxylation sites is 2. The van der Waals surface area contributed by atoms with E-state index in [1.165, 1.54) is 6.07 Å². The zero-order valence-corrected chi connectivity index (χ0v) is 19.1. The number of fused-ring (bicyclic) bond motifs is 3. The second kappa shape index (κ2) is 8.08. The first-order valence-corrected chi connectivity index (χ1v) is 12.4. The predicted molar refractivity (Wildman–Crippen MR) is 128 cm³/mol. The van der Waals surface area contributed by atoms with Crippen LogP contribution in [0.2, 0.25) is 0 Å². The van der Waals surface area contributed by atoms with Gasteiger partial charge in [0.05, 0.1) is 22.8 Å². The topological polar surface area (TPSA) is 128 Å². The van der Waals surface area contributed by atoms with Crippen molar-refractivity contribution in [2.24, 2.45) is 0 Å². The highest BCUT2D eigenvalue weighted by Gasteiger charge is 2.23. The number of hydrogen-bond donors (Lipinski definition) is 2. The molecule has 0 bridgehead atoms. The van der Waals surface area contributed by atoms with Gasteiger partial charge in [0, 0.05) is 6.54 Å². The fourth-order valence-corrected chi connectivity index (χ4v) is 5.39. The van der Waals surface area contributed by atoms with Gasteiger partial charge in [-0.1, -0.05) is 24.3 Å². The van der Waals surface area contributed by atoms with E-state index in [1.54, 1.807) is 18.2 Å². The minimum Gasteiger partial charge on any atom is -0.454 e. The lowest BCUT2D eigenvalue weighted by molar-refractivity contribution is 0.174. The predicted octanol–water partition coefficient (Wildman–Crippen LogP) is 3.78. The molecule has 6 rings (SSSR count). The number of benzene rings is 3. The quantitative estimate of drug-likeness (QED) is 0.364. The molecular formula is C22H16N6O4S2. The summed E-state index contributed by atoms with van der Waals surface area (Å²) in [7, 11) is -4.02. The molecule has 0 saturated carbocycles. The van der Waals surface area contributed by atoms with Gasteiger partial charge in [0.1, 0.15) is 15.9 Å². The third-order valence-electron chi connectivity index (χ3n) is 5.24. The molecule has 34 heavy (non-hydrogen) atoms. The molecule has 0 amide bonds. The summed E-state index contributed by atoms with van der Waals surface area (Å²) >= 11 is 0.957. The highest BCUT2D eigenvalue weighted by Crippen LogP contribution is 2.33. The van der Waals surface area contributed by atoms with Crippen LogP contribution in [0, 0.1) is 0 Å². The number of nitrogens with one attached hydrogen (secondary N) is 2.